The van der Waals surface area contributed by atoms with Gasteiger partial charge in [-0.05, 0) is 65.2 Å². The molecule has 0 aromatic heterocycles. The summed E-state index contributed by atoms with van der Waals surface area (Å²) in [6.45, 7) is -0.570. The average molecular weight is 727 g/mol. The number of ether oxygens (including phenoxy) is 5. The number of hydrogen-bond acceptors (Lipinski definition) is 14. The average Bonchev–Trinajstić information content (AvgIpc) is 3.13. The molecule has 2 aliphatic heterocycles. The fourth-order valence-corrected chi connectivity index (χ4v) is 5.64. The number of fused-ring (bicyclic) bond motifs is 1. The van der Waals surface area contributed by atoms with Crippen LogP contribution in [0.25, 0.3) is 12.2 Å². The molecule has 0 spiro atoms. The Morgan fingerprint density at radius 1 is 0.755 bits per heavy atom. The van der Waals surface area contributed by atoms with Gasteiger partial charge in [-0.15, -0.1) is 0 Å². The van der Waals surface area contributed by atoms with Crippen LogP contribution in [0.2, 0.25) is 0 Å². The highest BCUT2D eigenvalue weighted by Gasteiger charge is 2.48. The van der Waals surface area contributed by atoms with Crippen LogP contribution < -0.4 is 9.47 Å². The molecule has 0 amide bonds. The number of rotatable bonds is 10. The van der Waals surface area contributed by atoms with E-state index in [4.69, 9.17) is 23.7 Å². The van der Waals surface area contributed by atoms with Gasteiger partial charge in [0, 0.05) is 24.3 Å². The van der Waals surface area contributed by atoms with Crippen molar-refractivity contribution in [1.82, 2.24) is 0 Å². The van der Waals surface area contributed by atoms with Crippen LogP contribution in [-0.4, -0.2) is 85.7 Å². The predicted molar refractivity (Wildman–Crippen MR) is 185 cm³/mol. The molecule has 0 radical (unpaired) electrons. The smallest absolute Gasteiger partial charge is 0.331 e. The molecule has 14 heteroatoms. The number of carbonyl (C=O) groups excluding carboxylic acids is 3. The van der Waals surface area contributed by atoms with E-state index in [1.165, 1.54) is 54.6 Å². The molecule has 14 nitrogen and oxygen atoms in total. The molecular weight excluding hydrogens is 692 g/mol. The molecule has 2 heterocycles. The number of aliphatic hydroxyl groups excluding tert-OH is 2. The third kappa shape index (κ3) is 8.94. The Hall–Kier alpha value is -6.35. The summed E-state index contributed by atoms with van der Waals surface area (Å²) in [5, 5.41) is 61.6. The van der Waals surface area contributed by atoms with E-state index in [0.29, 0.717) is 16.7 Å². The minimum atomic E-state index is -1.83. The van der Waals surface area contributed by atoms with Gasteiger partial charge < -0.3 is 54.3 Å². The lowest BCUT2D eigenvalue weighted by atomic mass is 9.95. The maximum absolute atomic E-state index is 13.1. The van der Waals surface area contributed by atoms with Gasteiger partial charge in [0.25, 0.3) is 0 Å². The normalized spacial score (nSPS) is 22.6. The lowest BCUT2D eigenvalue weighted by Crippen LogP contribution is -2.61. The Labute approximate surface area is 302 Å². The summed E-state index contributed by atoms with van der Waals surface area (Å²) in [5.41, 5.74) is 1.62. The molecule has 0 unspecified atom stereocenters. The standard InChI is InChI=1S/C39H34O14/c40-24-9-1-21(2-10-24)5-15-33(45)49-20-32-36(47)37(48)38(53-34(46)16-6-22-3-11-25(41)12-4-22)39(52-32)50-27-17-28(43)35-29(44)19-30(51-31(35)18-27)23-7-13-26(42)14-8-23/h1-18,30,32,36-43,47-48H,19-20H2/t30-,32-,36-,37-,38-,39+/m0/s1. The van der Waals surface area contributed by atoms with E-state index in [2.05, 4.69) is 0 Å². The van der Waals surface area contributed by atoms with Gasteiger partial charge >= 0.3 is 11.9 Å². The number of hydrogen-bond donors (Lipinski definition) is 6. The van der Waals surface area contributed by atoms with Crippen molar-refractivity contribution in [3.63, 3.8) is 0 Å². The molecule has 2 aliphatic rings. The molecule has 4 aromatic carbocycles. The van der Waals surface area contributed by atoms with Crippen LogP contribution >= 0.6 is 0 Å². The van der Waals surface area contributed by atoms with Crippen molar-refractivity contribution in [2.24, 2.45) is 0 Å². The van der Waals surface area contributed by atoms with Crippen molar-refractivity contribution in [2.45, 2.75) is 43.2 Å². The zero-order valence-electron chi connectivity index (χ0n) is 27.7. The number of benzene rings is 4. The molecule has 6 N–H and O–H groups in total. The number of phenolic OH excluding ortho intramolecular Hbond substituents is 4. The zero-order chi connectivity index (χ0) is 37.6. The van der Waals surface area contributed by atoms with E-state index < -0.39 is 66.9 Å². The highest BCUT2D eigenvalue weighted by Crippen LogP contribution is 2.43. The molecule has 0 bridgehead atoms. The third-order valence-corrected chi connectivity index (χ3v) is 8.39. The summed E-state index contributed by atoms with van der Waals surface area (Å²) in [5.74, 6) is -2.78. The molecule has 6 rings (SSSR count). The Kier molecular flexibility index (Phi) is 10.9. The fraction of sp³-hybridized carbons (Fsp3) is 0.205. The van der Waals surface area contributed by atoms with E-state index in [1.54, 1.807) is 36.4 Å². The second-order valence-electron chi connectivity index (χ2n) is 12.2. The summed E-state index contributed by atoms with van der Waals surface area (Å²) in [4.78, 5) is 38.5. The van der Waals surface area contributed by atoms with Crippen LogP contribution in [0.1, 0.15) is 39.6 Å². The number of phenols is 4. The SMILES string of the molecule is O=C(C=Cc1ccc(O)cc1)OC[C@@H]1O[C@@H](Oc2cc(O)c3c(c2)O[C@H](c2ccc(O)cc2)CC3=O)[C@@H](OC(=O)C=Cc2ccc(O)cc2)[C@@H](O)[C@H]1O. The van der Waals surface area contributed by atoms with Crippen molar-refractivity contribution < 1.29 is 68.7 Å². The monoisotopic (exact) mass is 726 g/mol. The number of aliphatic hydroxyl groups is 2. The molecule has 274 valence electrons. The van der Waals surface area contributed by atoms with Crippen LogP contribution in [0, 0.1) is 0 Å². The molecule has 6 atom stereocenters. The third-order valence-electron chi connectivity index (χ3n) is 8.39. The number of carbonyl (C=O) groups is 3. The van der Waals surface area contributed by atoms with Crippen molar-refractivity contribution in [2.75, 3.05) is 6.61 Å². The number of ketones is 1. The van der Waals surface area contributed by atoms with Gasteiger partial charge in [0.1, 0.15) is 71.1 Å². The Balaban J connectivity index is 1.22. The molecule has 4 aromatic rings. The van der Waals surface area contributed by atoms with Crippen LogP contribution in [0.15, 0.2) is 97.1 Å². The van der Waals surface area contributed by atoms with Gasteiger partial charge in [-0.2, -0.15) is 0 Å². The molecular formula is C39H34O14. The maximum Gasteiger partial charge on any atom is 0.331 e. The maximum atomic E-state index is 13.1. The topological polar surface area (TPSA) is 219 Å². The second-order valence-corrected chi connectivity index (χ2v) is 12.2. The number of Topliss-reactive ketones (excluding diaryl/α,β-unsaturated/α-hetero) is 1. The van der Waals surface area contributed by atoms with E-state index >= 15 is 0 Å². The molecule has 1 saturated heterocycles. The van der Waals surface area contributed by atoms with Gasteiger partial charge in [0.05, 0.1) is 6.42 Å². The van der Waals surface area contributed by atoms with Gasteiger partial charge in [-0.3, -0.25) is 4.79 Å². The predicted octanol–water partition coefficient (Wildman–Crippen LogP) is 3.92. The first kappa shape index (κ1) is 36.4. The first-order chi connectivity index (χ1) is 25.4. The van der Waals surface area contributed by atoms with Crippen LogP contribution in [0.3, 0.4) is 0 Å². The minimum Gasteiger partial charge on any atom is -0.508 e. The van der Waals surface area contributed by atoms with E-state index in [1.807, 2.05) is 0 Å². The Morgan fingerprint density at radius 2 is 1.32 bits per heavy atom. The summed E-state index contributed by atoms with van der Waals surface area (Å²) in [6.07, 6.45) is -4.19. The molecule has 53 heavy (non-hydrogen) atoms. The summed E-state index contributed by atoms with van der Waals surface area (Å²) < 4.78 is 28.6. The molecule has 1 fully saturated rings. The largest absolute Gasteiger partial charge is 0.508 e. The molecule has 0 aliphatic carbocycles. The highest BCUT2D eigenvalue weighted by molar-refractivity contribution is 6.02. The minimum absolute atomic E-state index is 0.0219. The number of esters is 2. The quantitative estimate of drug-likeness (QED) is 0.101. The van der Waals surface area contributed by atoms with Gasteiger partial charge in [0.15, 0.2) is 11.9 Å². The van der Waals surface area contributed by atoms with Gasteiger partial charge in [0.2, 0.25) is 6.29 Å². The zero-order valence-corrected chi connectivity index (χ0v) is 27.7. The van der Waals surface area contributed by atoms with E-state index in [9.17, 15) is 45.0 Å². The van der Waals surface area contributed by atoms with E-state index in [0.717, 1.165) is 18.2 Å². The van der Waals surface area contributed by atoms with Crippen molar-refractivity contribution in [3.05, 3.63) is 119 Å². The number of aromatic hydroxyl groups is 4. The first-order valence-corrected chi connectivity index (χ1v) is 16.3. The Morgan fingerprint density at radius 3 is 1.92 bits per heavy atom. The van der Waals surface area contributed by atoms with Crippen molar-refractivity contribution >= 4 is 29.9 Å². The van der Waals surface area contributed by atoms with Crippen LogP contribution in [0.5, 0.6) is 34.5 Å². The van der Waals surface area contributed by atoms with Crippen molar-refractivity contribution in [3.8, 4) is 34.5 Å². The molecule has 0 saturated carbocycles. The van der Waals surface area contributed by atoms with Crippen LogP contribution in [-0.2, 0) is 23.8 Å². The Bertz CT molecular complexity index is 2000. The highest BCUT2D eigenvalue weighted by atomic mass is 16.7. The van der Waals surface area contributed by atoms with Crippen molar-refractivity contribution in [1.29, 1.82) is 0 Å². The first-order valence-electron chi connectivity index (χ1n) is 16.3. The summed E-state index contributed by atoms with van der Waals surface area (Å²) >= 11 is 0. The second kappa shape index (κ2) is 15.9. The summed E-state index contributed by atoms with van der Waals surface area (Å²) in [6, 6.07) is 20.4. The lowest BCUT2D eigenvalue weighted by molar-refractivity contribution is -0.281. The van der Waals surface area contributed by atoms with E-state index in [-0.39, 0.29) is 40.7 Å². The van der Waals surface area contributed by atoms with Gasteiger partial charge in [-0.25, -0.2) is 9.59 Å². The lowest BCUT2D eigenvalue weighted by Gasteiger charge is -2.41. The fourth-order valence-electron chi connectivity index (χ4n) is 5.64. The van der Waals surface area contributed by atoms with Gasteiger partial charge in [-0.1, -0.05) is 36.4 Å². The van der Waals surface area contributed by atoms with Crippen LogP contribution in [0.4, 0.5) is 0 Å². The summed E-state index contributed by atoms with van der Waals surface area (Å²) in [7, 11) is 0.